The highest BCUT2D eigenvalue weighted by Gasteiger charge is 2.04. The molecule has 0 radical (unpaired) electrons. The number of hydrogen-bond acceptors (Lipinski definition) is 18. The topological polar surface area (TPSA) is 336 Å². The van der Waals surface area contributed by atoms with Crippen molar-refractivity contribution in [3.63, 3.8) is 0 Å². The Hall–Kier alpha value is -10.5. The number of nitrogens with zero attached hydrogens (tertiary/aromatic N) is 5. The number of halogens is 2. The fourth-order valence-electron chi connectivity index (χ4n) is 5.24. The van der Waals surface area contributed by atoms with Crippen LogP contribution >= 0.6 is 23.2 Å². The summed E-state index contributed by atoms with van der Waals surface area (Å²) in [5, 5.41) is 28.9. The van der Waals surface area contributed by atoms with Crippen molar-refractivity contribution in [2.75, 3.05) is 0 Å². The van der Waals surface area contributed by atoms with Gasteiger partial charge in [-0.2, -0.15) is 24.9 Å². The van der Waals surface area contributed by atoms with Gasteiger partial charge in [0.25, 0.3) is 0 Å². The van der Waals surface area contributed by atoms with E-state index in [1.165, 1.54) is 92.3 Å². The Morgan fingerprint density at radius 3 is 1.09 bits per heavy atom. The molecule has 25 heteroatoms. The van der Waals surface area contributed by atoms with Crippen LogP contribution in [0.25, 0.3) is 0 Å². The van der Waals surface area contributed by atoms with E-state index in [0.29, 0.717) is 67.5 Å². The average Bonchev–Trinajstić information content (AvgIpc) is 3.40. The molecule has 75 heavy (non-hydrogen) atoms. The van der Waals surface area contributed by atoms with Gasteiger partial charge in [0.15, 0.2) is 40.2 Å². The Kier molecular flexibility index (Phi) is 19.9. The van der Waals surface area contributed by atoms with E-state index in [-0.39, 0.29) is 17.2 Å². The zero-order valence-corrected chi connectivity index (χ0v) is 39.7. The second kappa shape index (κ2) is 27.8. The van der Waals surface area contributed by atoms with Crippen molar-refractivity contribution < 1.29 is 39.0 Å². The number of aromatic amines is 5. The summed E-state index contributed by atoms with van der Waals surface area (Å²) in [4.78, 5) is 82.9. The molecule has 0 aliphatic carbocycles. The molecule has 0 spiro atoms. The largest absolute Gasteiger partial charge is 0.508 e. The van der Waals surface area contributed by atoms with Crippen LogP contribution in [0.3, 0.4) is 0 Å². The first-order chi connectivity index (χ1) is 36.2. The van der Waals surface area contributed by atoms with Gasteiger partial charge in [0.2, 0.25) is 0 Å². The second-order valence-electron chi connectivity index (χ2n) is 14.2. The van der Waals surface area contributed by atoms with E-state index in [0.717, 1.165) is 0 Å². The maximum atomic E-state index is 10.7. The summed E-state index contributed by atoms with van der Waals surface area (Å²) in [6.07, 6.45) is 13.7. The maximum Gasteiger partial charge on any atom is 0.345 e. The number of para-hydroxylation sites is 2. The molecule has 23 nitrogen and oxygen atoms in total. The molecule has 5 heterocycles. The van der Waals surface area contributed by atoms with E-state index in [1.807, 2.05) is 0 Å². The number of benzene rings is 5. The van der Waals surface area contributed by atoms with Crippen LogP contribution in [0.15, 0.2) is 207 Å². The van der Waals surface area contributed by atoms with Crippen molar-refractivity contribution in [3.05, 3.63) is 246 Å². The normalized spacial score (nSPS) is 9.89. The molecule has 0 aliphatic rings. The Balaban J connectivity index is 0.000000152. The molecule has 0 saturated heterocycles. The number of nitrogens with one attached hydrogen (secondary N) is 5. The second-order valence-corrected chi connectivity index (χ2v) is 15.0. The molecule has 0 unspecified atom stereocenters. The van der Waals surface area contributed by atoms with E-state index in [2.05, 4.69) is 49.8 Å². The van der Waals surface area contributed by atoms with E-state index in [4.69, 9.17) is 52.0 Å². The predicted octanol–water partition coefficient (Wildman–Crippen LogP) is 8.23. The summed E-state index contributed by atoms with van der Waals surface area (Å²) >= 11 is 11.5. The van der Waals surface area contributed by atoms with Gasteiger partial charge >= 0.3 is 28.4 Å². The molecule has 0 saturated carbocycles. The van der Waals surface area contributed by atoms with Crippen molar-refractivity contribution in [2.24, 2.45) is 0 Å². The number of rotatable bonds is 10. The molecule has 0 bridgehead atoms. The zero-order chi connectivity index (χ0) is 53.4. The summed E-state index contributed by atoms with van der Waals surface area (Å²) in [6.45, 7) is 0. The van der Waals surface area contributed by atoms with Gasteiger partial charge in [-0.15, -0.1) is 0 Å². The smallest absolute Gasteiger partial charge is 0.345 e. The van der Waals surface area contributed by atoms with Crippen LogP contribution in [0.4, 0.5) is 0 Å². The van der Waals surface area contributed by atoms with E-state index < -0.39 is 28.4 Å². The molecule has 380 valence electrons. The van der Waals surface area contributed by atoms with Crippen LogP contribution in [0.1, 0.15) is 0 Å². The first-order valence-electron chi connectivity index (χ1n) is 21.2. The Bertz CT molecular complexity index is 3410. The number of phenolic OH excluding ortho intramolecular Hbond substituents is 3. The van der Waals surface area contributed by atoms with Gasteiger partial charge in [-0.1, -0.05) is 47.5 Å². The van der Waals surface area contributed by atoms with Crippen LogP contribution in [0.2, 0.25) is 10.0 Å². The van der Waals surface area contributed by atoms with Gasteiger partial charge in [-0.3, -0.25) is 0 Å². The van der Waals surface area contributed by atoms with Gasteiger partial charge in [-0.25, -0.2) is 24.0 Å². The lowest BCUT2D eigenvalue weighted by molar-refractivity contribution is 0.409. The highest BCUT2D eigenvalue weighted by Crippen LogP contribution is 2.29. The Morgan fingerprint density at radius 1 is 0.333 bits per heavy atom. The fraction of sp³-hybridized carbons (Fsp3) is 0. The standard InChI is InChI=1S/2C10H7ClN2O2.3C10H8N2O3/c11-7-1-3-8(4-2-7)15-9-5-12-10(14)13-6-9;11-7-2-1-3-8(4-7)15-9-5-12-10(14)13-6-9;13-7-1-3-8(4-2-7)15-9-5-11-10(14)12-6-9;13-7-2-1-3-8(4-7)15-9-5-11-10(14)12-6-9;13-8-3-1-2-4-9(8)15-7-5-11-10(14)12-6-7/h2*1-6H,(H,12,13,14);3*1-6,13H,(H,11,12,14). The molecule has 5 aromatic heterocycles. The van der Waals surface area contributed by atoms with Crippen molar-refractivity contribution >= 4 is 23.2 Å². The molecular formula is C50H38Cl2N10O13. The third-order valence-electron chi connectivity index (χ3n) is 8.53. The molecule has 10 aromatic rings. The van der Waals surface area contributed by atoms with Gasteiger partial charge in [0.1, 0.15) is 34.5 Å². The lowest BCUT2D eigenvalue weighted by Gasteiger charge is -2.05. The summed E-state index contributed by atoms with van der Waals surface area (Å²) in [6, 6.07) is 33.0. The predicted molar refractivity (Wildman–Crippen MR) is 272 cm³/mol. The SMILES string of the molecule is O=c1ncc(Oc2ccc(Cl)cc2)c[nH]1.O=c1ncc(Oc2ccc(O)cc2)c[nH]1.O=c1ncc(Oc2cccc(Cl)c2)c[nH]1.O=c1ncc(Oc2cccc(O)c2)c[nH]1.O=c1ncc(Oc2ccccc2O)c[nH]1. The highest BCUT2D eigenvalue weighted by molar-refractivity contribution is 6.30. The summed E-state index contributed by atoms with van der Waals surface area (Å²) in [5.41, 5.74) is -2.11. The number of aromatic nitrogens is 10. The van der Waals surface area contributed by atoms with Crippen LogP contribution < -0.4 is 52.1 Å². The van der Waals surface area contributed by atoms with Crippen LogP contribution in [-0.2, 0) is 0 Å². The van der Waals surface area contributed by atoms with E-state index >= 15 is 0 Å². The third-order valence-corrected chi connectivity index (χ3v) is 9.02. The van der Waals surface area contributed by atoms with E-state index in [9.17, 15) is 34.2 Å². The van der Waals surface area contributed by atoms with Gasteiger partial charge < -0.3 is 63.9 Å². The highest BCUT2D eigenvalue weighted by atomic mass is 35.5. The number of phenols is 3. The first kappa shape index (κ1) is 53.8. The minimum Gasteiger partial charge on any atom is -0.508 e. The Morgan fingerprint density at radius 2 is 0.707 bits per heavy atom. The van der Waals surface area contributed by atoms with Gasteiger partial charge in [0, 0.05) is 16.1 Å². The van der Waals surface area contributed by atoms with Crippen molar-refractivity contribution in [2.45, 2.75) is 0 Å². The van der Waals surface area contributed by atoms with Gasteiger partial charge in [0.05, 0.1) is 62.0 Å². The minimum absolute atomic E-state index is 0.0312. The first-order valence-corrected chi connectivity index (χ1v) is 22.0. The molecule has 8 N–H and O–H groups in total. The minimum atomic E-state index is -0.445. The average molecular weight is 1060 g/mol. The fourth-order valence-corrected chi connectivity index (χ4v) is 5.54. The molecule has 0 aliphatic heterocycles. The van der Waals surface area contributed by atoms with Crippen LogP contribution in [0, 0.1) is 0 Å². The molecule has 0 fully saturated rings. The maximum absolute atomic E-state index is 10.7. The number of aromatic hydroxyl groups is 3. The van der Waals surface area contributed by atoms with Crippen molar-refractivity contribution in [3.8, 4) is 74.7 Å². The van der Waals surface area contributed by atoms with Gasteiger partial charge in [-0.05, 0) is 91.0 Å². The summed E-state index contributed by atoms with van der Waals surface area (Å²) < 4.78 is 26.7. The Labute approximate surface area is 431 Å². The third kappa shape index (κ3) is 19.7. The van der Waals surface area contributed by atoms with Crippen molar-refractivity contribution in [1.29, 1.82) is 0 Å². The number of ether oxygens (including phenoxy) is 5. The summed E-state index contributed by atoms with van der Waals surface area (Å²) in [7, 11) is 0. The zero-order valence-electron chi connectivity index (χ0n) is 38.2. The monoisotopic (exact) mass is 1060 g/mol. The lowest BCUT2D eigenvalue weighted by Crippen LogP contribution is -2.07. The molecule has 5 aromatic carbocycles. The summed E-state index contributed by atoms with van der Waals surface area (Å²) in [5.74, 6) is 5.00. The molecular weight excluding hydrogens is 1020 g/mol. The van der Waals surface area contributed by atoms with Crippen LogP contribution in [-0.4, -0.2) is 65.2 Å². The van der Waals surface area contributed by atoms with Crippen LogP contribution in [0.5, 0.6) is 74.7 Å². The molecule has 10 rings (SSSR count). The quantitative estimate of drug-likeness (QED) is 0.0639. The number of H-pyrrole nitrogens is 5. The van der Waals surface area contributed by atoms with E-state index in [1.54, 1.807) is 91.0 Å². The molecule has 0 atom stereocenters. The molecule has 0 amide bonds. The number of hydrogen-bond donors (Lipinski definition) is 8. The van der Waals surface area contributed by atoms with Crippen molar-refractivity contribution in [1.82, 2.24) is 49.8 Å². The lowest BCUT2D eigenvalue weighted by atomic mass is 10.3.